The van der Waals surface area contributed by atoms with Gasteiger partial charge in [-0.2, -0.15) is 4.37 Å². The van der Waals surface area contributed by atoms with E-state index in [1.54, 1.807) is 11.5 Å². The van der Waals surface area contributed by atoms with Crippen LogP contribution in [0.4, 0.5) is 0 Å². The van der Waals surface area contributed by atoms with Gasteiger partial charge in [0, 0.05) is 31.2 Å². The van der Waals surface area contributed by atoms with E-state index in [0.717, 1.165) is 6.54 Å². The molecule has 0 fully saturated rings. The minimum atomic E-state index is 1.04. The maximum absolute atomic E-state index is 4.15. The molecule has 2 rings (SSSR count). The molecular weight excluding hydrogens is 156 g/mol. The van der Waals surface area contributed by atoms with E-state index in [2.05, 4.69) is 29.4 Å². The summed E-state index contributed by atoms with van der Waals surface area (Å²) in [6, 6.07) is 0. The lowest BCUT2D eigenvalue weighted by Gasteiger charge is -2.16. The standard InChI is InChI=1S/C8H10N2S/c1-6-4-10(2)5-7-3-9-11-8(6)7/h3,5H,4H2,1-2H3. The van der Waals surface area contributed by atoms with Gasteiger partial charge < -0.3 is 4.90 Å². The molecule has 58 valence electrons. The number of hydrogen-bond donors (Lipinski definition) is 0. The second kappa shape index (κ2) is 2.34. The second-order valence-corrected chi connectivity index (χ2v) is 3.74. The quantitative estimate of drug-likeness (QED) is 0.539. The monoisotopic (exact) mass is 166 g/mol. The molecule has 1 aromatic rings. The summed E-state index contributed by atoms with van der Waals surface area (Å²) in [5.74, 6) is 0. The van der Waals surface area contributed by atoms with Gasteiger partial charge in [-0.3, -0.25) is 0 Å². The molecule has 0 spiro atoms. The average molecular weight is 166 g/mol. The molecule has 0 unspecified atom stereocenters. The Morgan fingerprint density at radius 3 is 3.27 bits per heavy atom. The molecule has 0 radical (unpaired) electrons. The maximum atomic E-state index is 4.15. The van der Waals surface area contributed by atoms with E-state index in [1.165, 1.54) is 15.3 Å². The van der Waals surface area contributed by atoms with Gasteiger partial charge in [-0.15, -0.1) is 0 Å². The molecule has 0 bridgehead atoms. The third kappa shape index (κ3) is 1.05. The zero-order valence-electron chi connectivity index (χ0n) is 6.66. The van der Waals surface area contributed by atoms with E-state index in [1.807, 2.05) is 6.20 Å². The van der Waals surface area contributed by atoms with Gasteiger partial charge in [0.05, 0.1) is 4.53 Å². The Balaban J connectivity index is 2.80. The second-order valence-electron chi connectivity index (χ2n) is 2.93. The van der Waals surface area contributed by atoms with Crippen LogP contribution in [0.15, 0.2) is 6.20 Å². The van der Waals surface area contributed by atoms with Gasteiger partial charge in [-0.05, 0) is 24.0 Å². The summed E-state index contributed by atoms with van der Waals surface area (Å²) in [5, 5.41) is 1.27. The van der Waals surface area contributed by atoms with E-state index >= 15 is 0 Å². The van der Waals surface area contributed by atoms with Gasteiger partial charge in [-0.25, -0.2) is 0 Å². The smallest absolute Gasteiger partial charge is 0.0571 e. The highest BCUT2D eigenvalue weighted by Crippen LogP contribution is 1.98. The van der Waals surface area contributed by atoms with Crippen LogP contribution in [0.25, 0.3) is 11.8 Å². The van der Waals surface area contributed by atoms with E-state index in [9.17, 15) is 0 Å². The van der Waals surface area contributed by atoms with Crippen molar-refractivity contribution in [2.24, 2.45) is 0 Å². The molecule has 2 nitrogen and oxygen atoms in total. The predicted octanol–water partition coefficient (Wildman–Crippen LogP) is -0.00290. The van der Waals surface area contributed by atoms with Crippen LogP contribution in [-0.2, 0) is 0 Å². The largest absolute Gasteiger partial charge is 0.376 e. The first-order valence-electron chi connectivity index (χ1n) is 3.60. The number of fused-ring (bicyclic) bond motifs is 1. The summed E-state index contributed by atoms with van der Waals surface area (Å²) in [5.41, 5.74) is 1.42. The predicted molar refractivity (Wildman–Crippen MR) is 47.5 cm³/mol. The molecule has 0 saturated heterocycles. The molecule has 0 saturated carbocycles. The normalized spacial score (nSPS) is 16.2. The van der Waals surface area contributed by atoms with Crippen LogP contribution >= 0.6 is 11.5 Å². The summed E-state index contributed by atoms with van der Waals surface area (Å²) < 4.78 is 5.50. The van der Waals surface area contributed by atoms with Crippen LogP contribution in [0.5, 0.6) is 0 Å². The summed E-state index contributed by atoms with van der Waals surface area (Å²) in [4.78, 5) is 2.19. The zero-order chi connectivity index (χ0) is 7.84. The lowest BCUT2D eigenvalue weighted by molar-refractivity contribution is 0.555. The van der Waals surface area contributed by atoms with Crippen LogP contribution in [0.1, 0.15) is 6.92 Å². The van der Waals surface area contributed by atoms with Crippen molar-refractivity contribution in [1.82, 2.24) is 9.27 Å². The molecule has 1 aliphatic rings. The maximum Gasteiger partial charge on any atom is 0.0571 e. The molecule has 0 aliphatic carbocycles. The fraction of sp³-hybridized carbons (Fsp3) is 0.375. The Morgan fingerprint density at radius 2 is 2.45 bits per heavy atom. The Kier molecular flexibility index (Phi) is 1.46. The van der Waals surface area contributed by atoms with Crippen LogP contribution in [0, 0.1) is 0 Å². The molecule has 0 atom stereocenters. The molecule has 1 aromatic heterocycles. The topological polar surface area (TPSA) is 16.1 Å². The minimum Gasteiger partial charge on any atom is -0.376 e. The average Bonchev–Trinajstić information content (AvgIpc) is 2.34. The Bertz CT molecular complexity index is 377. The summed E-state index contributed by atoms with van der Waals surface area (Å²) in [7, 11) is 2.09. The summed E-state index contributed by atoms with van der Waals surface area (Å²) in [6.07, 6.45) is 4.07. The Labute approximate surface area is 69.6 Å². The molecule has 11 heavy (non-hydrogen) atoms. The third-order valence-corrected chi connectivity index (χ3v) is 2.81. The molecule has 3 heteroatoms. The van der Waals surface area contributed by atoms with E-state index in [0.29, 0.717) is 0 Å². The van der Waals surface area contributed by atoms with Crippen molar-refractivity contribution in [2.75, 3.05) is 13.6 Å². The van der Waals surface area contributed by atoms with E-state index in [-0.39, 0.29) is 0 Å². The SMILES string of the molecule is CC1=c2sncc2=CN(C)C1. The van der Waals surface area contributed by atoms with Crippen LogP contribution in [0.3, 0.4) is 0 Å². The summed E-state index contributed by atoms with van der Waals surface area (Å²) in [6.45, 7) is 3.20. The minimum absolute atomic E-state index is 1.04. The zero-order valence-corrected chi connectivity index (χ0v) is 7.48. The Morgan fingerprint density at radius 1 is 1.64 bits per heavy atom. The van der Waals surface area contributed by atoms with Crippen molar-refractivity contribution >= 4 is 23.3 Å². The first-order chi connectivity index (χ1) is 5.27. The van der Waals surface area contributed by atoms with Gasteiger partial charge >= 0.3 is 0 Å². The highest BCUT2D eigenvalue weighted by molar-refractivity contribution is 7.03. The highest BCUT2D eigenvalue weighted by Gasteiger charge is 2.04. The van der Waals surface area contributed by atoms with Crippen molar-refractivity contribution in [2.45, 2.75) is 6.92 Å². The van der Waals surface area contributed by atoms with Gasteiger partial charge in [0.1, 0.15) is 0 Å². The molecule has 0 aromatic carbocycles. The summed E-state index contributed by atoms with van der Waals surface area (Å²) >= 11 is 1.59. The lowest BCUT2D eigenvalue weighted by Crippen LogP contribution is -2.32. The van der Waals surface area contributed by atoms with Crippen molar-refractivity contribution in [1.29, 1.82) is 0 Å². The number of rotatable bonds is 0. The first-order valence-corrected chi connectivity index (χ1v) is 4.37. The molecule has 1 aliphatic heterocycles. The molecule has 2 heterocycles. The van der Waals surface area contributed by atoms with Crippen LogP contribution in [-0.4, -0.2) is 22.9 Å². The van der Waals surface area contributed by atoms with Crippen molar-refractivity contribution in [3.63, 3.8) is 0 Å². The van der Waals surface area contributed by atoms with Crippen LogP contribution < -0.4 is 9.75 Å². The molecule has 0 amide bonds. The molecular formula is C8H10N2S. The van der Waals surface area contributed by atoms with Crippen molar-refractivity contribution in [3.8, 4) is 0 Å². The van der Waals surface area contributed by atoms with Gasteiger partial charge in [-0.1, -0.05) is 0 Å². The van der Waals surface area contributed by atoms with Gasteiger partial charge in [0.25, 0.3) is 0 Å². The fourth-order valence-corrected chi connectivity index (χ4v) is 2.10. The van der Waals surface area contributed by atoms with E-state index < -0.39 is 0 Å². The highest BCUT2D eigenvalue weighted by atomic mass is 32.1. The lowest BCUT2D eigenvalue weighted by atomic mass is 10.2. The fourth-order valence-electron chi connectivity index (χ4n) is 1.39. The van der Waals surface area contributed by atoms with Crippen molar-refractivity contribution in [3.05, 3.63) is 15.9 Å². The molecule has 0 N–H and O–H groups in total. The van der Waals surface area contributed by atoms with Gasteiger partial charge in [0.2, 0.25) is 0 Å². The first kappa shape index (κ1) is 6.85. The van der Waals surface area contributed by atoms with E-state index in [4.69, 9.17) is 0 Å². The Hall–Kier alpha value is -0.830. The third-order valence-electron chi connectivity index (χ3n) is 1.83. The number of nitrogens with zero attached hydrogens (tertiary/aromatic N) is 2. The van der Waals surface area contributed by atoms with Crippen LogP contribution in [0.2, 0.25) is 0 Å². The van der Waals surface area contributed by atoms with Crippen molar-refractivity contribution < 1.29 is 0 Å². The van der Waals surface area contributed by atoms with Gasteiger partial charge in [0.15, 0.2) is 0 Å². The number of aromatic nitrogens is 1. The number of hydrogen-bond acceptors (Lipinski definition) is 3.